The zero-order valence-electron chi connectivity index (χ0n) is 12.5. The Morgan fingerprint density at radius 1 is 1.05 bits per heavy atom. The molecule has 0 unspecified atom stereocenters. The first-order chi connectivity index (χ1) is 10.3. The summed E-state index contributed by atoms with van der Waals surface area (Å²) in [7, 11) is 0. The molecule has 2 amide bonds. The van der Waals surface area contributed by atoms with Crippen LogP contribution in [0.4, 0.5) is 0 Å². The zero-order valence-corrected chi connectivity index (χ0v) is 12.5. The standard InChI is InChI=1S/C17H24N2O2/c20-16(18-14-17(21)19-12-6-7-13-19)11-5-4-10-15-8-2-1-3-9-15/h1-3,8-9H,4-7,10-14H2,(H,18,20). The van der Waals surface area contributed by atoms with E-state index in [1.165, 1.54) is 5.56 Å². The molecular formula is C17H24N2O2. The van der Waals surface area contributed by atoms with Crippen LogP contribution in [0, 0.1) is 0 Å². The number of hydrogen-bond donors (Lipinski definition) is 1. The molecular weight excluding hydrogens is 264 g/mol. The van der Waals surface area contributed by atoms with Crippen molar-refractivity contribution in [3.63, 3.8) is 0 Å². The third-order valence-corrected chi connectivity index (χ3v) is 3.86. The number of amides is 2. The number of likely N-dealkylation sites (tertiary alicyclic amines) is 1. The molecule has 0 atom stereocenters. The van der Waals surface area contributed by atoms with Gasteiger partial charge in [-0.2, -0.15) is 0 Å². The van der Waals surface area contributed by atoms with E-state index in [2.05, 4.69) is 17.4 Å². The molecule has 0 radical (unpaired) electrons. The third kappa shape index (κ3) is 5.58. The second-order valence-electron chi connectivity index (χ2n) is 5.56. The first-order valence-corrected chi connectivity index (χ1v) is 7.84. The highest BCUT2D eigenvalue weighted by Gasteiger charge is 2.17. The number of unbranched alkanes of at least 4 members (excludes halogenated alkanes) is 1. The first-order valence-electron chi connectivity index (χ1n) is 7.84. The van der Waals surface area contributed by atoms with Gasteiger partial charge in [0.1, 0.15) is 0 Å². The Labute approximate surface area is 126 Å². The summed E-state index contributed by atoms with van der Waals surface area (Å²) in [5.41, 5.74) is 1.31. The lowest BCUT2D eigenvalue weighted by Gasteiger charge is -2.15. The molecule has 1 aromatic rings. The number of rotatable bonds is 7. The monoisotopic (exact) mass is 288 g/mol. The van der Waals surface area contributed by atoms with Crippen LogP contribution in [-0.2, 0) is 16.0 Å². The predicted octanol–water partition coefficient (Wildman–Crippen LogP) is 2.14. The third-order valence-electron chi connectivity index (χ3n) is 3.86. The minimum absolute atomic E-state index is 0.0180. The Hall–Kier alpha value is -1.84. The van der Waals surface area contributed by atoms with Crippen LogP contribution in [0.15, 0.2) is 30.3 Å². The summed E-state index contributed by atoms with van der Waals surface area (Å²) in [5, 5.41) is 2.73. The molecule has 1 fully saturated rings. The van der Waals surface area contributed by atoms with E-state index in [1.807, 2.05) is 23.1 Å². The van der Waals surface area contributed by atoms with Gasteiger partial charge in [-0.05, 0) is 37.7 Å². The highest BCUT2D eigenvalue weighted by Crippen LogP contribution is 2.07. The summed E-state index contributed by atoms with van der Waals surface area (Å²) in [5.74, 6) is 0.0285. The second-order valence-corrected chi connectivity index (χ2v) is 5.56. The number of nitrogens with one attached hydrogen (secondary N) is 1. The van der Waals surface area contributed by atoms with Gasteiger partial charge in [-0.1, -0.05) is 30.3 Å². The van der Waals surface area contributed by atoms with Crippen LogP contribution in [0.2, 0.25) is 0 Å². The Bertz CT molecular complexity index is 453. The van der Waals surface area contributed by atoms with Gasteiger partial charge in [0, 0.05) is 19.5 Å². The summed E-state index contributed by atoms with van der Waals surface area (Å²) in [6.45, 7) is 1.83. The lowest BCUT2D eigenvalue weighted by molar-refractivity contribution is -0.132. The number of hydrogen-bond acceptors (Lipinski definition) is 2. The van der Waals surface area contributed by atoms with Crippen molar-refractivity contribution >= 4 is 11.8 Å². The van der Waals surface area contributed by atoms with Crippen molar-refractivity contribution in [1.29, 1.82) is 0 Å². The topological polar surface area (TPSA) is 49.4 Å². The van der Waals surface area contributed by atoms with Crippen LogP contribution in [0.1, 0.15) is 37.7 Å². The minimum atomic E-state index is -0.0180. The van der Waals surface area contributed by atoms with E-state index in [-0.39, 0.29) is 18.4 Å². The number of aryl methyl sites for hydroxylation is 1. The van der Waals surface area contributed by atoms with Gasteiger partial charge in [0.2, 0.25) is 11.8 Å². The van der Waals surface area contributed by atoms with Gasteiger partial charge in [0.15, 0.2) is 0 Å². The van der Waals surface area contributed by atoms with Crippen LogP contribution >= 0.6 is 0 Å². The summed E-state index contributed by atoms with van der Waals surface area (Å²) >= 11 is 0. The molecule has 1 heterocycles. The number of benzene rings is 1. The van der Waals surface area contributed by atoms with Gasteiger partial charge < -0.3 is 10.2 Å². The lowest BCUT2D eigenvalue weighted by Crippen LogP contribution is -2.38. The Kier molecular flexibility index (Phi) is 6.25. The smallest absolute Gasteiger partial charge is 0.241 e. The molecule has 0 spiro atoms. The fraction of sp³-hybridized carbons (Fsp3) is 0.529. The minimum Gasteiger partial charge on any atom is -0.347 e. The fourth-order valence-corrected chi connectivity index (χ4v) is 2.60. The first kappa shape index (κ1) is 15.5. The van der Waals surface area contributed by atoms with Crippen molar-refractivity contribution in [2.75, 3.05) is 19.6 Å². The van der Waals surface area contributed by atoms with E-state index in [0.717, 1.165) is 45.2 Å². The van der Waals surface area contributed by atoms with Gasteiger partial charge in [0.25, 0.3) is 0 Å². The van der Waals surface area contributed by atoms with Crippen LogP contribution in [-0.4, -0.2) is 36.3 Å². The van der Waals surface area contributed by atoms with Crippen LogP contribution in [0.3, 0.4) is 0 Å². The van der Waals surface area contributed by atoms with E-state index in [9.17, 15) is 9.59 Å². The molecule has 4 heteroatoms. The lowest BCUT2D eigenvalue weighted by atomic mass is 10.1. The summed E-state index contributed by atoms with van der Waals surface area (Å²) in [4.78, 5) is 25.3. The van der Waals surface area contributed by atoms with Gasteiger partial charge in [0.05, 0.1) is 6.54 Å². The van der Waals surface area contributed by atoms with Crippen LogP contribution < -0.4 is 5.32 Å². The maximum absolute atomic E-state index is 11.8. The second kappa shape index (κ2) is 8.45. The molecule has 114 valence electrons. The van der Waals surface area contributed by atoms with E-state index in [1.54, 1.807) is 0 Å². The normalized spacial score (nSPS) is 14.2. The number of carbonyl (C=O) groups excluding carboxylic acids is 2. The fourth-order valence-electron chi connectivity index (χ4n) is 2.60. The molecule has 0 aromatic heterocycles. The SMILES string of the molecule is O=C(CCCCc1ccccc1)NCC(=O)N1CCCC1. The van der Waals surface area contributed by atoms with Crippen molar-refractivity contribution in [1.82, 2.24) is 10.2 Å². The van der Waals surface area contributed by atoms with Gasteiger partial charge >= 0.3 is 0 Å². The van der Waals surface area contributed by atoms with E-state index in [0.29, 0.717) is 6.42 Å². The Morgan fingerprint density at radius 3 is 2.48 bits per heavy atom. The molecule has 1 saturated heterocycles. The van der Waals surface area contributed by atoms with Crippen molar-refractivity contribution in [2.24, 2.45) is 0 Å². The number of carbonyl (C=O) groups is 2. The van der Waals surface area contributed by atoms with Gasteiger partial charge in [-0.25, -0.2) is 0 Å². The molecule has 2 rings (SSSR count). The number of nitrogens with zero attached hydrogens (tertiary/aromatic N) is 1. The molecule has 0 aliphatic carbocycles. The molecule has 21 heavy (non-hydrogen) atoms. The van der Waals surface area contributed by atoms with Crippen molar-refractivity contribution in [3.05, 3.63) is 35.9 Å². The van der Waals surface area contributed by atoms with Crippen LogP contribution in [0.5, 0.6) is 0 Å². The average Bonchev–Trinajstić information content (AvgIpc) is 3.05. The molecule has 1 aromatic carbocycles. The predicted molar refractivity (Wildman–Crippen MR) is 82.8 cm³/mol. The van der Waals surface area contributed by atoms with Gasteiger partial charge in [-0.3, -0.25) is 9.59 Å². The van der Waals surface area contributed by atoms with Crippen molar-refractivity contribution in [3.8, 4) is 0 Å². The van der Waals surface area contributed by atoms with Gasteiger partial charge in [-0.15, -0.1) is 0 Å². The highest BCUT2D eigenvalue weighted by molar-refractivity contribution is 5.84. The maximum atomic E-state index is 11.8. The molecule has 0 bridgehead atoms. The Balaban J connectivity index is 1.54. The summed E-state index contributed by atoms with van der Waals surface area (Å²) in [6.07, 6.45) is 5.52. The highest BCUT2D eigenvalue weighted by atomic mass is 16.2. The van der Waals surface area contributed by atoms with Crippen molar-refractivity contribution in [2.45, 2.75) is 38.5 Å². The molecule has 1 aliphatic heterocycles. The molecule has 1 N–H and O–H groups in total. The summed E-state index contributed by atoms with van der Waals surface area (Å²) in [6, 6.07) is 10.3. The van der Waals surface area contributed by atoms with Crippen LogP contribution in [0.25, 0.3) is 0 Å². The van der Waals surface area contributed by atoms with E-state index < -0.39 is 0 Å². The quantitative estimate of drug-likeness (QED) is 0.781. The van der Waals surface area contributed by atoms with E-state index in [4.69, 9.17) is 0 Å². The van der Waals surface area contributed by atoms with Crippen molar-refractivity contribution < 1.29 is 9.59 Å². The maximum Gasteiger partial charge on any atom is 0.241 e. The zero-order chi connectivity index (χ0) is 14.9. The average molecular weight is 288 g/mol. The molecule has 4 nitrogen and oxygen atoms in total. The Morgan fingerprint density at radius 2 is 1.76 bits per heavy atom. The van der Waals surface area contributed by atoms with E-state index >= 15 is 0 Å². The largest absolute Gasteiger partial charge is 0.347 e. The molecule has 0 saturated carbocycles. The summed E-state index contributed by atoms with van der Waals surface area (Å²) < 4.78 is 0. The molecule has 1 aliphatic rings.